The maximum Gasteiger partial charge on any atom is 0.186 e. The van der Waals surface area contributed by atoms with E-state index in [4.69, 9.17) is 0 Å². The summed E-state index contributed by atoms with van der Waals surface area (Å²) in [5.74, 6) is -0.588. The van der Waals surface area contributed by atoms with Crippen molar-refractivity contribution in [2.45, 2.75) is 37.5 Å². The standard InChI is InChI=1S/C13H17NO3S/c1-10-6-12(8-14-7-10)18(16,17)9-13(15)11-4-2-3-5-11/h6-8,11H,2-5,9H2,1H3. The van der Waals surface area contributed by atoms with Gasteiger partial charge >= 0.3 is 0 Å². The van der Waals surface area contributed by atoms with Crippen LogP contribution in [0, 0.1) is 12.8 Å². The van der Waals surface area contributed by atoms with E-state index in [2.05, 4.69) is 4.98 Å². The Morgan fingerprint density at radius 2 is 2.00 bits per heavy atom. The predicted octanol–water partition coefficient (Wildman–Crippen LogP) is 1.92. The Hall–Kier alpha value is -1.23. The van der Waals surface area contributed by atoms with Crippen molar-refractivity contribution < 1.29 is 13.2 Å². The van der Waals surface area contributed by atoms with E-state index in [9.17, 15) is 13.2 Å². The van der Waals surface area contributed by atoms with Crippen molar-refractivity contribution in [3.63, 3.8) is 0 Å². The second-order valence-corrected chi connectivity index (χ2v) is 6.89. The molecule has 0 radical (unpaired) electrons. The Morgan fingerprint density at radius 3 is 2.61 bits per heavy atom. The average Bonchev–Trinajstić information content (AvgIpc) is 2.82. The minimum absolute atomic E-state index is 0.0578. The Bertz CT molecular complexity index is 545. The van der Waals surface area contributed by atoms with Crippen LogP contribution in [0.25, 0.3) is 0 Å². The molecule has 2 rings (SSSR count). The van der Waals surface area contributed by atoms with E-state index in [-0.39, 0.29) is 22.3 Å². The molecule has 1 heterocycles. The summed E-state index contributed by atoms with van der Waals surface area (Å²) in [6.07, 6.45) is 6.63. The number of hydrogen-bond donors (Lipinski definition) is 0. The first kappa shape index (κ1) is 13.2. The van der Waals surface area contributed by atoms with Crippen molar-refractivity contribution in [3.8, 4) is 0 Å². The summed E-state index contributed by atoms with van der Waals surface area (Å²) in [5, 5.41) is 0. The molecule has 0 saturated heterocycles. The normalized spacial score (nSPS) is 16.9. The quantitative estimate of drug-likeness (QED) is 0.836. The number of ketones is 1. The Kier molecular flexibility index (Phi) is 3.80. The minimum atomic E-state index is -3.53. The van der Waals surface area contributed by atoms with Crippen LogP contribution < -0.4 is 0 Å². The van der Waals surface area contributed by atoms with Gasteiger partial charge in [0.25, 0.3) is 0 Å². The van der Waals surface area contributed by atoms with Gasteiger partial charge < -0.3 is 0 Å². The third-order valence-electron chi connectivity index (χ3n) is 3.35. The predicted molar refractivity (Wildman–Crippen MR) is 68.0 cm³/mol. The number of rotatable bonds is 4. The van der Waals surface area contributed by atoms with Crippen LogP contribution in [0.3, 0.4) is 0 Å². The lowest BCUT2D eigenvalue weighted by Crippen LogP contribution is -2.22. The molecule has 0 N–H and O–H groups in total. The van der Waals surface area contributed by atoms with Gasteiger partial charge in [0.15, 0.2) is 15.6 Å². The van der Waals surface area contributed by atoms with Gasteiger partial charge in [0, 0.05) is 18.3 Å². The monoisotopic (exact) mass is 267 g/mol. The second-order valence-electron chi connectivity index (χ2n) is 4.90. The van der Waals surface area contributed by atoms with Gasteiger partial charge in [0.1, 0.15) is 5.75 Å². The molecule has 18 heavy (non-hydrogen) atoms. The number of carbonyl (C=O) groups is 1. The zero-order chi connectivity index (χ0) is 13.2. The van der Waals surface area contributed by atoms with Gasteiger partial charge in [0.2, 0.25) is 0 Å². The van der Waals surface area contributed by atoms with Crippen molar-refractivity contribution >= 4 is 15.6 Å². The summed E-state index contributed by atoms with van der Waals surface area (Å²) in [4.78, 5) is 15.9. The maximum absolute atomic E-state index is 12.1. The summed E-state index contributed by atoms with van der Waals surface area (Å²) >= 11 is 0. The van der Waals surface area contributed by atoms with E-state index in [0.29, 0.717) is 0 Å². The smallest absolute Gasteiger partial charge is 0.186 e. The van der Waals surface area contributed by atoms with Crippen LogP contribution in [-0.4, -0.2) is 24.9 Å². The molecule has 1 aliphatic carbocycles. The first-order valence-corrected chi connectivity index (χ1v) is 7.81. The molecule has 5 heteroatoms. The zero-order valence-corrected chi connectivity index (χ0v) is 11.2. The molecule has 98 valence electrons. The van der Waals surface area contributed by atoms with Crippen LogP contribution in [0.5, 0.6) is 0 Å². The summed E-state index contributed by atoms with van der Waals surface area (Å²) in [7, 11) is -3.53. The Balaban J connectivity index is 2.14. The molecule has 0 spiro atoms. The van der Waals surface area contributed by atoms with Crippen molar-refractivity contribution in [2.24, 2.45) is 5.92 Å². The van der Waals surface area contributed by atoms with E-state index in [1.807, 2.05) is 0 Å². The van der Waals surface area contributed by atoms with Crippen molar-refractivity contribution in [2.75, 3.05) is 5.75 Å². The van der Waals surface area contributed by atoms with Gasteiger partial charge in [-0.3, -0.25) is 9.78 Å². The lowest BCUT2D eigenvalue weighted by Gasteiger charge is -2.08. The number of aromatic nitrogens is 1. The molecule has 0 aromatic carbocycles. The number of carbonyl (C=O) groups excluding carboxylic acids is 1. The molecule has 0 amide bonds. The van der Waals surface area contributed by atoms with Gasteiger partial charge in [-0.15, -0.1) is 0 Å². The first-order chi connectivity index (χ1) is 8.49. The van der Waals surface area contributed by atoms with Crippen LogP contribution in [0.4, 0.5) is 0 Å². The van der Waals surface area contributed by atoms with Gasteiger partial charge in [-0.25, -0.2) is 8.42 Å². The summed E-state index contributed by atoms with van der Waals surface area (Å²) in [6.45, 7) is 1.78. The Morgan fingerprint density at radius 1 is 1.33 bits per heavy atom. The second kappa shape index (κ2) is 5.18. The molecule has 1 aliphatic rings. The lowest BCUT2D eigenvalue weighted by atomic mass is 10.0. The summed E-state index contributed by atoms with van der Waals surface area (Å²) in [5.41, 5.74) is 0.782. The van der Waals surface area contributed by atoms with Gasteiger partial charge in [0.05, 0.1) is 4.90 Å². The van der Waals surface area contributed by atoms with Crippen LogP contribution >= 0.6 is 0 Å². The average molecular weight is 267 g/mol. The third-order valence-corrected chi connectivity index (χ3v) is 4.96. The van der Waals surface area contributed by atoms with E-state index in [1.165, 1.54) is 6.20 Å². The van der Waals surface area contributed by atoms with Gasteiger partial charge in [-0.1, -0.05) is 12.8 Å². The first-order valence-electron chi connectivity index (χ1n) is 6.16. The molecule has 4 nitrogen and oxygen atoms in total. The Labute approximate surface area is 107 Å². The number of sulfone groups is 1. The molecule has 0 bridgehead atoms. The molecule has 0 atom stereocenters. The number of hydrogen-bond acceptors (Lipinski definition) is 4. The molecule has 1 aromatic heterocycles. The van der Waals surface area contributed by atoms with Crippen molar-refractivity contribution in [3.05, 3.63) is 24.0 Å². The third kappa shape index (κ3) is 2.96. The van der Waals surface area contributed by atoms with Gasteiger partial charge in [-0.05, 0) is 31.4 Å². The fourth-order valence-corrected chi connectivity index (χ4v) is 3.70. The van der Waals surface area contributed by atoms with Crippen molar-refractivity contribution in [1.82, 2.24) is 4.98 Å². The number of Topliss-reactive ketones (excluding diaryl/α,β-unsaturated/α-hetero) is 1. The maximum atomic E-state index is 12.1. The van der Waals surface area contributed by atoms with Crippen molar-refractivity contribution in [1.29, 1.82) is 0 Å². The van der Waals surface area contributed by atoms with E-state index >= 15 is 0 Å². The highest BCUT2D eigenvalue weighted by atomic mass is 32.2. The van der Waals surface area contributed by atoms with E-state index in [1.54, 1.807) is 19.2 Å². The highest BCUT2D eigenvalue weighted by Gasteiger charge is 2.28. The van der Waals surface area contributed by atoms with E-state index < -0.39 is 9.84 Å². The summed E-state index contributed by atoms with van der Waals surface area (Å²) < 4.78 is 24.2. The fourth-order valence-electron chi connectivity index (χ4n) is 2.33. The largest absolute Gasteiger partial charge is 0.298 e. The fraction of sp³-hybridized carbons (Fsp3) is 0.538. The van der Waals surface area contributed by atoms with Crippen LogP contribution in [-0.2, 0) is 14.6 Å². The number of pyridine rings is 1. The summed E-state index contributed by atoms with van der Waals surface area (Å²) in [6, 6.07) is 1.56. The van der Waals surface area contributed by atoms with Gasteiger partial charge in [-0.2, -0.15) is 0 Å². The number of aryl methyl sites for hydroxylation is 1. The molecular weight excluding hydrogens is 250 g/mol. The number of nitrogens with zero attached hydrogens (tertiary/aromatic N) is 1. The van der Waals surface area contributed by atoms with E-state index in [0.717, 1.165) is 31.2 Å². The van der Waals surface area contributed by atoms with Crippen LogP contribution in [0.2, 0.25) is 0 Å². The van der Waals surface area contributed by atoms with Crippen LogP contribution in [0.15, 0.2) is 23.4 Å². The topological polar surface area (TPSA) is 64.1 Å². The van der Waals surface area contributed by atoms with Crippen LogP contribution in [0.1, 0.15) is 31.2 Å². The molecular formula is C13H17NO3S. The molecule has 1 fully saturated rings. The lowest BCUT2D eigenvalue weighted by molar-refractivity contribution is -0.120. The molecule has 1 aromatic rings. The highest BCUT2D eigenvalue weighted by Crippen LogP contribution is 2.26. The molecule has 1 saturated carbocycles. The molecule has 0 unspecified atom stereocenters. The minimum Gasteiger partial charge on any atom is -0.298 e. The SMILES string of the molecule is Cc1cncc(S(=O)(=O)CC(=O)C2CCCC2)c1. The zero-order valence-electron chi connectivity index (χ0n) is 10.4. The molecule has 0 aliphatic heterocycles. The highest BCUT2D eigenvalue weighted by molar-refractivity contribution is 7.92.